The maximum Gasteiger partial charge on any atom is 0.227 e. The van der Waals surface area contributed by atoms with E-state index in [0.29, 0.717) is 36.0 Å². The van der Waals surface area contributed by atoms with Crippen LogP contribution in [-0.2, 0) is 29.6 Å². The number of aromatic nitrogens is 1. The van der Waals surface area contributed by atoms with Crippen LogP contribution in [0.25, 0.3) is 0 Å². The summed E-state index contributed by atoms with van der Waals surface area (Å²) in [6.45, 7) is 7.13. The summed E-state index contributed by atoms with van der Waals surface area (Å²) in [5.74, 6) is 1.05. The van der Waals surface area contributed by atoms with Crippen LogP contribution in [0.5, 0.6) is 0 Å². The fourth-order valence-electron chi connectivity index (χ4n) is 2.73. The van der Waals surface area contributed by atoms with E-state index < -0.39 is 5.82 Å². The highest BCUT2D eigenvalue weighted by Crippen LogP contribution is 2.27. The molecule has 0 spiro atoms. The molecular formula is C18H20ClFN2O2. The maximum absolute atomic E-state index is 13.4. The van der Waals surface area contributed by atoms with Gasteiger partial charge in [0.15, 0.2) is 5.89 Å². The molecule has 0 saturated heterocycles. The average Bonchev–Trinajstić information content (AvgIpc) is 2.89. The smallest absolute Gasteiger partial charge is 0.227 e. The lowest BCUT2D eigenvalue weighted by molar-refractivity contribution is -0.131. The van der Waals surface area contributed by atoms with Crippen LogP contribution >= 0.6 is 11.6 Å². The third-order valence-electron chi connectivity index (χ3n) is 4.00. The van der Waals surface area contributed by atoms with Crippen LogP contribution < -0.4 is 0 Å². The van der Waals surface area contributed by atoms with E-state index in [1.807, 2.05) is 20.8 Å². The molecule has 4 nitrogen and oxygen atoms in total. The van der Waals surface area contributed by atoms with Gasteiger partial charge in [0.05, 0.1) is 13.0 Å². The van der Waals surface area contributed by atoms with Gasteiger partial charge in [0.2, 0.25) is 5.91 Å². The van der Waals surface area contributed by atoms with Crippen molar-refractivity contribution in [1.29, 1.82) is 0 Å². The second kappa shape index (κ2) is 6.20. The molecule has 6 heteroatoms. The molecule has 0 radical (unpaired) electrons. The monoisotopic (exact) mass is 350 g/mol. The van der Waals surface area contributed by atoms with E-state index in [1.165, 1.54) is 12.1 Å². The van der Waals surface area contributed by atoms with Gasteiger partial charge in [-0.25, -0.2) is 9.37 Å². The number of hydrogen-bond donors (Lipinski definition) is 0. The fourth-order valence-corrected chi connectivity index (χ4v) is 2.98. The first-order valence-electron chi connectivity index (χ1n) is 7.94. The first-order valence-corrected chi connectivity index (χ1v) is 8.32. The molecule has 0 N–H and O–H groups in total. The summed E-state index contributed by atoms with van der Waals surface area (Å²) in [6, 6.07) is 4.19. The molecule has 1 aromatic heterocycles. The van der Waals surface area contributed by atoms with Crippen molar-refractivity contribution < 1.29 is 13.6 Å². The van der Waals surface area contributed by atoms with Crippen molar-refractivity contribution in [2.75, 3.05) is 6.54 Å². The molecule has 3 rings (SSSR count). The number of carbonyl (C=O) groups excluding carboxylic acids is 1. The molecule has 1 amide bonds. The highest BCUT2D eigenvalue weighted by Gasteiger charge is 2.29. The summed E-state index contributed by atoms with van der Waals surface area (Å²) in [6.07, 6.45) is 0.769. The number of oxazole rings is 1. The minimum atomic E-state index is -0.433. The van der Waals surface area contributed by atoms with Crippen molar-refractivity contribution in [3.63, 3.8) is 0 Å². The molecule has 0 aliphatic carbocycles. The lowest BCUT2D eigenvalue weighted by Crippen LogP contribution is -2.36. The molecule has 1 aliphatic heterocycles. The fraction of sp³-hybridized carbons (Fsp3) is 0.444. The van der Waals surface area contributed by atoms with Gasteiger partial charge < -0.3 is 9.32 Å². The number of halogens is 2. The van der Waals surface area contributed by atoms with E-state index in [1.54, 1.807) is 11.0 Å². The van der Waals surface area contributed by atoms with Crippen LogP contribution in [0, 0.1) is 5.82 Å². The summed E-state index contributed by atoms with van der Waals surface area (Å²) in [5, 5.41) is 0.296. The number of benzene rings is 1. The molecule has 2 aromatic rings. The maximum atomic E-state index is 13.4. The zero-order valence-corrected chi connectivity index (χ0v) is 14.8. The van der Waals surface area contributed by atoms with Crippen LogP contribution in [0.2, 0.25) is 5.02 Å². The van der Waals surface area contributed by atoms with Gasteiger partial charge in [0, 0.05) is 23.4 Å². The highest BCUT2D eigenvalue weighted by molar-refractivity contribution is 6.30. The quantitative estimate of drug-likeness (QED) is 0.825. The third kappa shape index (κ3) is 3.61. The number of amides is 1. The standard InChI is InChI=1S/C18H20ClFN2O2/c1-18(2,3)17-21-14-10-22(5-4-15(14)24-17)16(23)8-11-6-12(19)9-13(20)7-11/h6-7,9H,4-5,8,10H2,1-3H3. The van der Waals surface area contributed by atoms with E-state index in [2.05, 4.69) is 4.98 Å². The van der Waals surface area contributed by atoms with Gasteiger partial charge in [-0.1, -0.05) is 32.4 Å². The normalized spacial score (nSPS) is 14.6. The number of carbonyl (C=O) groups is 1. The first-order chi connectivity index (χ1) is 11.2. The van der Waals surface area contributed by atoms with E-state index in [-0.39, 0.29) is 17.7 Å². The minimum absolute atomic E-state index is 0.0670. The summed E-state index contributed by atoms with van der Waals surface area (Å²) in [7, 11) is 0. The van der Waals surface area contributed by atoms with Gasteiger partial charge in [0.1, 0.15) is 17.3 Å². The summed E-state index contributed by atoms with van der Waals surface area (Å²) < 4.78 is 19.2. The SMILES string of the molecule is CC(C)(C)c1nc2c(o1)CCN(C(=O)Cc1cc(F)cc(Cl)c1)C2. The molecule has 0 atom stereocenters. The Balaban J connectivity index is 1.72. The van der Waals surface area contributed by atoms with E-state index in [4.69, 9.17) is 16.0 Å². The Hall–Kier alpha value is -1.88. The number of fused-ring (bicyclic) bond motifs is 1. The predicted molar refractivity (Wildman–Crippen MR) is 89.4 cm³/mol. The lowest BCUT2D eigenvalue weighted by atomic mass is 9.97. The predicted octanol–water partition coefficient (Wildman–Crippen LogP) is 3.89. The number of rotatable bonds is 2. The van der Waals surface area contributed by atoms with Crippen molar-refractivity contribution in [3.05, 3.63) is 51.9 Å². The molecule has 24 heavy (non-hydrogen) atoms. The number of hydrogen-bond acceptors (Lipinski definition) is 3. The van der Waals surface area contributed by atoms with Gasteiger partial charge in [-0.05, 0) is 23.8 Å². The first kappa shape index (κ1) is 17.0. The van der Waals surface area contributed by atoms with Crippen LogP contribution in [0.15, 0.2) is 22.6 Å². The van der Waals surface area contributed by atoms with Crippen molar-refractivity contribution in [2.24, 2.45) is 0 Å². The second-order valence-electron chi connectivity index (χ2n) is 7.16. The Morgan fingerprint density at radius 3 is 2.79 bits per heavy atom. The third-order valence-corrected chi connectivity index (χ3v) is 4.22. The zero-order valence-electron chi connectivity index (χ0n) is 14.0. The van der Waals surface area contributed by atoms with Gasteiger partial charge in [-0.2, -0.15) is 0 Å². The zero-order chi connectivity index (χ0) is 17.5. The molecule has 0 unspecified atom stereocenters. The van der Waals surface area contributed by atoms with Gasteiger partial charge in [-0.15, -0.1) is 0 Å². The van der Waals surface area contributed by atoms with Crippen molar-refractivity contribution in [3.8, 4) is 0 Å². The van der Waals surface area contributed by atoms with Crippen LogP contribution in [0.4, 0.5) is 4.39 Å². The van der Waals surface area contributed by atoms with Gasteiger partial charge in [0.25, 0.3) is 0 Å². The summed E-state index contributed by atoms with van der Waals surface area (Å²) in [4.78, 5) is 18.8. The second-order valence-corrected chi connectivity index (χ2v) is 7.60. The van der Waals surface area contributed by atoms with Crippen LogP contribution in [0.3, 0.4) is 0 Å². The molecule has 1 aliphatic rings. The topological polar surface area (TPSA) is 46.3 Å². The highest BCUT2D eigenvalue weighted by atomic mass is 35.5. The Morgan fingerprint density at radius 1 is 1.38 bits per heavy atom. The van der Waals surface area contributed by atoms with Crippen LogP contribution in [-0.4, -0.2) is 22.3 Å². The lowest BCUT2D eigenvalue weighted by Gasteiger charge is -2.25. The average molecular weight is 351 g/mol. The molecule has 0 bridgehead atoms. The Bertz CT molecular complexity index is 760. The Labute approximate surface area is 145 Å². The Kier molecular flexibility index (Phi) is 4.38. The van der Waals surface area contributed by atoms with Crippen molar-refractivity contribution in [1.82, 2.24) is 9.88 Å². The molecule has 1 aromatic carbocycles. The number of nitrogens with zero attached hydrogens (tertiary/aromatic N) is 2. The largest absolute Gasteiger partial charge is 0.445 e. The molecule has 0 saturated carbocycles. The van der Waals surface area contributed by atoms with E-state index in [9.17, 15) is 9.18 Å². The minimum Gasteiger partial charge on any atom is -0.445 e. The van der Waals surface area contributed by atoms with Crippen molar-refractivity contribution in [2.45, 2.75) is 45.6 Å². The summed E-state index contributed by atoms with van der Waals surface area (Å²) >= 11 is 5.84. The summed E-state index contributed by atoms with van der Waals surface area (Å²) in [5.41, 5.74) is 1.23. The molecule has 0 fully saturated rings. The Morgan fingerprint density at radius 2 is 2.12 bits per heavy atom. The van der Waals surface area contributed by atoms with Gasteiger partial charge in [-0.3, -0.25) is 4.79 Å². The van der Waals surface area contributed by atoms with Crippen molar-refractivity contribution >= 4 is 17.5 Å². The van der Waals surface area contributed by atoms with E-state index in [0.717, 1.165) is 11.5 Å². The van der Waals surface area contributed by atoms with Crippen LogP contribution in [0.1, 0.15) is 43.7 Å². The molecule has 128 valence electrons. The van der Waals surface area contributed by atoms with E-state index >= 15 is 0 Å². The molecule has 2 heterocycles. The van der Waals surface area contributed by atoms with Gasteiger partial charge >= 0.3 is 0 Å². The molecular weight excluding hydrogens is 331 g/mol.